The Kier molecular flexibility index (Phi) is 5.65. The first-order chi connectivity index (χ1) is 12.1. The molecule has 10 heteroatoms. The summed E-state index contributed by atoms with van der Waals surface area (Å²) >= 11 is 0. The molecule has 1 N–H and O–H groups in total. The van der Waals surface area contributed by atoms with Crippen molar-refractivity contribution < 1.29 is 24.2 Å². The van der Waals surface area contributed by atoms with E-state index in [4.69, 9.17) is 10.3 Å². The molecular formula is C16H25N5O5. The molecule has 2 saturated heterocycles. The summed E-state index contributed by atoms with van der Waals surface area (Å²) in [5.41, 5.74) is 6.46. The largest absolute Gasteiger partial charge is 0.479 e. The molecule has 0 saturated carbocycles. The van der Waals surface area contributed by atoms with Gasteiger partial charge in [-0.25, -0.2) is 9.59 Å². The number of likely N-dealkylation sites (tertiary alicyclic amines) is 2. The van der Waals surface area contributed by atoms with E-state index >= 15 is 0 Å². The zero-order valence-electron chi connectivity index (χ0n) is 15.3. The van der Waals surface area contributed by atoms with E-state index < -0.39 is 23.2 Å². The van der Waals surface area contributed by atoms with E-state index in [2.05, 4.69) is 10.0 Å². The van der Waals surface area contributed by atoms with Gasteiger partial charge in [0, 0.05) is 37.5 Å². The van der Waals surface area contributed by atoms with Gasteiger partial charge in [-0.2, -0.15) is 0 Å². The fourth-order valence-corrected chi connectivity index (χ4v) is 3.45. The second kappa shape index (κ2) is 7.41. The summed E-state index contributed by atoms with van der Waals surface area (Å²) in [6.45, 7) is 6.11. The van der Waals surface area contributed by atoms with Gasteiger partial charge in [0.2, 0.25) is 5.91 Å². The number of aliphatic carboxylic acids is 1. The summed E-state index contributed by atoms with van der Waals surface area (Å²) in [6.07, 6.45) is -0.0297. The highest BCUT2D eigenvalue weighted by molar-refractivity contribution is 5.89. The monoisotopic (exact) mass is 367 g/mol. The fourth-order valence-electron chi connectivity index (χ4n) is 3.45. The summed E-state index contributed by atoms with van der Waals surface area (Å²) in [4.78, 5) is 42.1. The number of piperidine rings is 1. The number of nitrogens with zero attached hydrogens (tertiary/aromatic N) is 5. The van der Waals surface area contributed by atoms with Gasteiger partial charge in [0.15, 0.2) is 0 Å². The van der Waals surface area contributed by atoms with Crippen LogP contribution in [0.4, 0.5) is 4.79 Å². The molecular weight excluding hydrogens is 342 g/mol. The van der Waals surface area contributed by atoms with Gasteiger partial charge >= 0.3 is 12.1 Å². The Morgan fingerprint density at radius 1 is 1.38 bits per heavy atom. The van der Waals surface area contributed by atoms with E-state index in [9.17, 15) is 19.5 Å². The summed E-state index contributed by atoms with van der Waals surface area (Å²) in [5, 5.41) is 13.3. The van der Waals surface area contributed by atoms with Crippen molar-refractivity contribution >= 4 is 18.0 Å². The summed E-state index contributed by atoms with van der Waals surface area (Å²) < 4.78 is 5.33. The third-order valence-electron chi connectivity index (χ3n) is 4.77. The number of rotatable bonds is 4. The van der Waals surface area contributed by atoms with Crippen molar-refractivity contribution in [2.24, 2.45) is 11.0 Å². The lowest BCUT2D eigenvalue weighted by molar-refractivity contribution is -0.160. The second-order valence-electron chi connectivity index (χ2n) is 7.79. The lowest BCUT2D eigenvalue weighted by Gasteiger charge is -2.44. The third-order valence-corrected chi connectivity index (χ3v) is 4.77. The van der Waals surface area contributed by atoms with Crippen LogP contribution in [0.2, 0.25) is 0 Å². The first-order valence-electron chi connectivity index (χ1n) is 8.62. The highest BCUT2D eigenvalue weighted by Gasteiger charge is 2.52. The van der Waals surface area contributed by atoms with E-state index in [1.165, 1.54) is 9.80 Å². The number of carboxylic acids is 1. The molecule has 10 nitrogen and oxygen atoms in total. The maximum Gasteiger partial charge on any atom is 0.410 e. The SMILES string of the molecule is CC(C)(C)OC(=O)N1CCC(C(=O)O)(N2CC(CN=[N+]=[N-])CC2=O)CC1. The van der Waals surface area contributed by atoms with Gasteiger partial charge in [-0.3, -0.25) is 4.79 Å². The van der Waals surface area contributed by atoms with Gasteiger partial charge in [0.1, 0.15) is 11.1 Å². The summed E-state index contributed by atoms with van der Waals surface area (Å²) in [7, 11) is 0. The van der Waals surface area contributed by atoms with Crippen LogP contribution < -0.4 is 0 Å². The number of hydrogen-bond donors (Lipinski definition) is 1. The molecule has 1 atom stereocenters. The highest BCUT2D eigenvalue weighted by Crippen LogP contribution is 2.35. The molecule has 0 aromatic heterocycles. The molecule has 26 heavy (non-hydrogen) atoms. The van der Waals surface area contributed by atoms with Crippen LogP contribution >= 0.6 is 0 Å². The van der Waals surface area contributed by atoms with E-state index in [-0.39, 0.29) is 57.3 Å². The Bertz CT molecular complexity index is 629. The van der Waals surface area contributed by atoms with Crippen LogP contribution in [0.1, 0.15) is 40.0 Å². The smallest absolute Gasteiger partial charge is 0.410 e. The van der Waals surface area contributed by atoms with Gasteiger partial charge in [0.05, 0.1) is 0 Å². The van der Waals surface area contributed by atoms with E-state index in [0.717, 1.165) is 0 Å². The van der Waals surface area contributed by atoms with Crippen molar-refractivity contribution in [2.75, 3.05) is 26.2 Å². The topological polar surface area (TPSA) is 136 Å². The van der Waals surface area contributed by atoms with Crippen LogP contribution in [-0.2, 0) is 14.3 Å². The van der Waals surface area contributed by atoms with Crippen LogP contribution in [0.5, 0.6) is 0 Å². The summed E-state index contributed by atoms with van der Waals surface area (Å²) in [6, 6.07) is 0. The Balaban J connectivity index is 2.09. The van der Waals surface area contributed by atoms with Gasteiger partial charge in [-0.1, -0.05) is 5.11 Å². The lowest BCUT2D eigenvalue weighted by Crippen LogP contribution is -2.61. The number of azide groups is 1. The Morgan fingerprint density at radius 3 is 2.50 bits per heavy atom. The molecule has 0 bridgehead atoms. The molecule has 144 valence electrons. The third kappa shape index (κ3) is 4.19. The Morgan fingerprint density at radius 2 is 2.00 bits per heavy atom. The molecule has 2 fully saturated rings. The first kappa shape index (κ1) is 19.8. The number of carbonyl (C=O) groups is 3. The van der Waals surface area contributed by atoms with Crippen LogP contribution in [0, 0.1) is 5.92 Å². The van der Waals surface area contributed by atoms with Crippen molar-refractivity contribution in [3.05, 3.63) is 10.4 Å². The molecule has 2 rings (SSSR count). The van der Waals surface area contributed by atoms with Gasteiger partial charge in [-0.05, 0) is 45.1 Å². The minimum absolute atomic E-state index is 0.140. The molecule has 0 radical (unpaired) electrons. The highest BCUT2D eigenvalue weighted by atomic mass is 16.6. The van der Waals surface area contributed by atoms with E-state index in [1.807, 2.05) is 0 Å². The normalized spacial score (nSPS) is 22.7. The predicted molar refractivity (Wildman–Crippen MR) is 91.2 cm³/mol. The molecule has 2 aliphatic rings. The maximum atomic E-state index is 12.4. The zero-order chi connectivity index (χ0) is 19.5. The standard InChI is InChI=1S/C16H25N5O5/c1-15(2,3)26-14(25)20-6-4-16(5-7-20,13(23)24)21-10-11(8-12(21)22)9-18-19-17/h11H,4-10H2,1-3H3,(H,23,24). The molecule has 2 amide bonds. The number of ether oxygens (including phenoxy) is 1. The predicted octanol–water partition coefficient (Wildman–Crippen LogP) is 2.00. The van der Waals surface area contributed by atoms with Crippen molar-refractivity contribution in [1.29, 1.82) is 0 Å². The number of carbonyl (C=O) groups excluding carboxylic acids is 2. The Hall–Kier alpha value is -2.48. The van der Waals surface area contributed by atoms with E-state index in [0.29, 0.717) is 0 Å². The number of hydrogen-bond acceptors (Lipinski definition) is 5. The fraction of sp³-hybridized carbons (Fsp3) is 0.812. The minimum atomic E-state index is -1.33. The van der Waals surface area contributed by atoms with Crippen LogP contribution in [0.25, 0.3) is 10.4 Å². The minimum Gasteiger partial charge on any atom is -0.479 e. The molecule has 0 aromatic carbocycles. The molecule has 0 aliphatic carbocycles. The van der Waals surface area contributed by atoms with Crippen LogP contribution in [-0.4, -0.2) is 70.2 Å². The number of amides is 2. The van der Waals surface area contributed by atoms with E-state index in [1.54, 1.807) is 20.8 Å². The van der Waals surface area contributed by atoms with Gasteiger partial charge in [-0.15, -0.1) is 0 Å². The second-order valence-corrected chi connectivity index (χ2v) is 7.79. The molecule has 1 unspecified atom stereocenters. The lowest BCUT2D eigenvalue weighted by atomic mass is 9.85. The average molecular weight is 367 g/mol. The average Bonchev–Trinajstić information content (AvgIpc) is 2.92. The van der Waals surface area contributed by atoms with Crippen molar-refractivity contribution in [3.63, 3.8) is 0 Å². The Labute approximate surface area is 151 Å². The maximum absolute atomic E-state index is 12.4. The number of carboxylic acid groups (broad SMARTS) is 1. The quantitative estimate of drug-likeness (QED) is 0.460. The molecule has 2 aliphatic heterocycles. The summed E-state index contributed by atoms with van der Waals surface area (Å²) in [5.74, 6) is -1.51. The first-order valence-corrected chi connectivity index (χ1v) is 8.62. The van der Waals surface area contributed by atoms with Crippen molar-refractivity contribution in [2.45, 2.75) is 51.2 Å². The molecule has 2 heterocycles. The van der Waals surface area contributed by atoms with Crippen LogP contribution in [0.15, 0.2) is 5.11 Å². The van der Waals surface area contributed by atoms with Crippen LogP contribution in [0.3, 0.4) is 0 Å². The van der Waals surface area contributed by atoms with Crippen molar-refractivity contribution in [3.8, 4) is 0 Å². The van der Waals surface area contributed by atoms with Crippen molar-refractivity contribution in [1.82, 2.24) is 9.80 Å². The molecule has 0 spiro atoms. The zero-order valence-corrected chi connectivity index (χ0v) is 15.3. The van der Waals surface area contributed by atoms with Gasteiger partial charge in [0.25, 0.3) is 0 Å². The molecule has 0 aromatic rings. The van der Waals surface area contributed by atoms with Gasteiger partial charge < -0.3 is 19.6 Å².